The Kier molecular flexibility index (Phi) is 4.06. The molecule has 0 aliphatic heterocycles. The molecule has 1 heterocycles. The summed E-state index contributed by atoms with van der Waals surface area (Å²) in [5.41, 5.74) is 12.2. The first-order chi connectivity index (χ1) is 9.43. The zero-order chi connectivity index (χ0) is 14.9. The minimum atomic E-state index is -0.629. The summed E-state index contributed by atoms with van der Waals surface area (Å²) in [5, 5.41) is 9.36. The minimum Gasteiger partial charge on any atom is -0.396 e. The van der Waals surface area contributed by atoms with Crippen molar-refractivity contribution in [2.75, 3.05) is 12.3 Å². The molecule has 0 spiro atoms. The molecule has 1 aromatic heterocycles. The summed E-state index contributed by atoms with van der Waals surface area (Å²) >= 11 is 1.12. The average molecular weight is 294 g/mol. The maximum absolute atomic E-state index is 14.1. The van der Waals surface area contributed by atoms with Gasteiger partial charge in [-0.05, 0) is 17.7 Å². The van der Waals surface area contributed by atoms with Gasteiger partial charge in [-0.15, -0.1) is 11.3 Å². The number of anilines is 1. The van der Waals surface area contributed by atoms with Crippen LogP contribution in [0.15, 0.2) is 24.3 Å². The molecule has 1 amide bonds. The Hall–Kier alpha value is -1.92. The highest BCUT2D eigenvalue weighted by atomic mass is 32.1. The summed E-state index contributed by atoms with van der Waals surface area (Å²) in [7, 11) is 0. The number of carbonyl (C=O) groups excluding carboxylic acids is 1. The third-order valence-corrected chi connectivity index (χ3v) is 4.13. The zero-order valence-corrected chi connectivity index (χ0v) is 11.7. The molecule has 4 nitrogen and oxygen atoms in total. The van der Waals surface area contributed by atoms with Gasteiger partial charge in [0.05, 0.1) is 10.6 Å². The first-order valence-electron chi connectivity index (χ1n) is 6.03. The van der Waals surface area contributed by atoms with Crippen molar-refractivity contribution in [1.29, 1.82) is 0 Å². The molecule has 1 unspecified atom stereocenters. The van der Waals surface area contributed by atoms with Crippen LogP contribution in [0, 0.1) is 5.82 Å². The van der Waals surface area contributed by atoms with Crippen molar-refractivity contribution in [3.63, 3.8) is 0 Å². The Balaban J connectivity index is 2.43. The molecule has 20 heavy (non-hydrogen) atoms. The van der Waals surface area contributed by atoms with Gasteiger partial charge in [0.2, 0.25) is 0 Å². The predicted molar refractivity (Wildman–Crippen MR) is 78.1 cm³/mol. The first kappa shape index (κ1) is 14.5. The molecule has 0 aliphatic rings. The van der Waals surface area contributed by atoms with Crippen LogP contribution in [0.3, 0.4) is 0 Å². The smallest absolute Gasteiger partial charge is 0.251 e. The van der Waals surface area contributed by atoms with E-state index in [-0.39, 0.29) is 23.1 Å². The van der Waals surface area contributed by atoms with E-state index in [1.165, 1.54) is 12.1 Å². The number of halogens is 1. The molecule has 5 N–H and O–H groups in total. The minimum absolute atomic E-state index is 0.0451. The summed E-state index contributed by atoms with van der Waals surface area (Å²) in [5.74, 6) is -1.18. The number of benzene rings is 1. The normalized spacial score (nSPS) is 12.3. The Morgan fingerprint density at radius 2 is 2.15 bits per heavy atom. The van der Waals surface area contributed by atoms with Crippen molar-refractivity contribution in [3.05, 3.63) is 41.2 Å². The van der Waals surface area contributed by atoms with Gasteiger partial charge in [0.25, 0.3) is 5.91 Å². The van der Waals surface area contributed by atoms with Gasteiger partial charge in [0, 0.05) is 23.0 Å². The monoisotopic (exact) mass is 294 g/mol. The summed E-state index contributed by atoms with van der Waals surface area (Å²) in [6, 6.07) is 6.25. The van der Waals surface area contributed by atoms with Gasteiger partial charge >= 0.3 is 0 Å². The van der Waals surface area contributed by atoms with Crippen molar-refractivity contribution in [1.82, 2.24) is 0 Å². The van der Waals surface area contributed by atoms with E-state index in [1.54, 1.807) is 12.1 Å². The largest absolute Gasteiger partial charge is 0.396 e. The van der Waals surface area contributed by atoms with Crippen molar-refractivity contribution >= 4 is 22.2 Å². The Labute approximate surface area is 119 Å². The highest BCUT2D eigenvalue weighted by molar-refractivity contribution is 7.19. The second-order valence-electron chi connectivity index (χ2n) is 4.58. The fourth-order valence-corrected chi connectivity index (χ4v) is 2.83. The molecule has 0 fully saturated rings. The lowest BCUT2D eigenvalue weighted by Crippen LogP contribution is -2.11. The van der Waals surface area contributed by atoms with E-state index in [0.29, 0.717) is 16.0 Å². The molecule has 1 atom stereocenters. The Morgan fingerprint density at radius 1 is 1.45 bits per heavy atom. The first-order valence-corrected chi connectivity index (χ1v) is 6.85. The topological polar surface area (TPSA) is 89.3 Å². The van der Waals surface area contributed by atoms with Crippen molar-refractivity contribution in [2.24, 2.45) is 5.73 Å². The van der Waals surface area contributed by atoms with Crippen LogP contribution in [0.5, 0.6) is 0 Å². The molecule has 0 saturated carbocycles. The van der Waals surface area contributed by atoms with Crippen LogP contribution in [-0.4, -0.2) is 17.6 Å². The van der Waals surface area contributed by atoms with E-state index in [0.717, 1.165) is 11.3 Å². The number of rotatable bonds is 4. The summed E-state index contributed by atoms with van der Waals surface area (Å²) < 4.78 is 14.1. The molecule has 6 heteroatoms. The quantitative estimate of drug-likeness (QED) is 0.808. The zero-order valence-electron chi connectivity index (χ0n) is 10.9. The Morgan fingerprint density at radius 3 is 2.65 bits per heavy atom. The highest BCUT2D eigenvalue weighted by Gasteiger charge is 2.16. The number of hydrogen-bond acceptors (Lipinski definition) is 4. The average Bonchev–Trinajstić information content (AvgIpc) is 2.79. The van der Waals surface area contributed by atoms with Crippen molar-refractivity contribution in [3.8, 4) is 10.4 Å². The SMILES string of the molecule is CC(CO)c1ccc(-c2cc(C(N)=O)c(N)s2)c(F)c1. The van der Waals surface area contributed by atoms with Crippen LogP contribution in [0.2, 0.25) is 0 Å². The number of aliphatic hydroxyl groups excluding tert-OH is 1. The van der Waals surface area contributed by atoms with Gasteiger partial charge in [-0.3, -0.25) is 4.79 Å². The number of hydrogen-bond donors (Lipinski definition) is 3. The van der Waals surface area contributed by atoms with E-state index in [4.69, 9.17) is 16.6 Å². The number of nitrogens with two attached hydrogens (primary N) is 2. The van der Waals surface area contributed by atoms with Crippen LogP contribution < -0.4 is 11.5 Å². The molecule has 106 valence electrons. The van der Waals surface area contributed by atoms with E-state index < -0.39 is 11.7 Å². The summed E-state index contributed by atoms with van der Waals surface area (Å²) in [6.07, 6.45) is 0. The number of nitrogen functional groups attached to an aromatic ring is 1. The second-order valence-corrected chi connectivity index (χ2v) is 5.66. The van der Waals surface area contributed by atoms with Gasteiger partial charge < -0.3 is 16.6 Å². The lowest BCUT2D eigenvalue weighted by Gasteiger charge is -2.09. The lowest BCUT2D eigenvalue weighted by atomic mass is 9.99. The molecule has 2 aromatic rings. The molecule has 0 radical (unpaired) electrons. The molecule has 0 aliphatic carbocycles. The molecule has 2 rings (SSSR count). The fourth-order valence-electron chi connectivity index (χ4n) is 1.87. The van der Waals surface area contributed by atoms with E-state index >= 15 is 0 Å². The van der Waals surface area contributed by atoms with Crippen molar-refractivity contribution in [2.45, 2.75) is 12.8 Å². The summed E-state index contributed by atoms with van der Waals surface area (Å²) in [4.78, 5) is 11.7. The molecule has 0 bridgehead atoms. The fraction of sp³-hybridized carbons (Fsp3) is 0.214. The molecular weight excluding hydrogens is 279 g/mol. The number of thiophene rings is 1. The van der Waals surface area contributed by atoms with Crippen molar-refractivity contribution < 1.29 is 14.3 Å². The molecule has 0 saturated heterocycles. The van der Waals surface area contributed by atoms with Gasteiger partial charge in [0.15, 0.2) is 0 Å². The van der Waals surface area contributed by atoms with Crippen LogP contribution in [0.4, 0.5) is 9.39 Å². The van der Waals surface area contributed by atoms with Gasteiger partial charge in [-0.25, -0.2) is 4.39 Å². The number of carbonyl (C=O) groups is 1. The van der Waals surface area contributed by atoms with Crippen LogP contribution in [0.25, 0.3) is 10.4 Å². The summed E-state index contributed by atoms with van der Waals surface area (Å²) in [6.45, 7) is 1.76. The number of amides is 1. The van der Waals surface area contributed by atoms with Crippen LogP contribution in [0.1, 0.15) is 28.8 Å². The van der Waals surface area contributed by atoms with E-state index in [2.05, 4.69) is 0 Å². The maximum atomic E-state index is 14.1. The Bertz CT molecular complexity index is 655. The van der Waals surface area contributed by atoms with E-state index in [1.807, 2.05) is 6.92 Å². The number of primary amides is 1. The highest BCUT2D eigenvalue weighted by Crippen LogP contribution is 2.35. The molecule has 1 aromatic carbocycles. The third-order valence-electron chi connectivity index (χ3n) is 3.13. The second kappa shape index (κ2) is 5.60. The standard InChI is InChI=1S/C14H15FN2O2S/c1-7(6-18)8-2-3-9(11(15)4-8)12-5-10(13(16)19)14(17)20-12/h2-5,7,18H,6,17H2,1H3,(H2,16,19). The van der Waals surface area contributed by atoms with E-state index in [9.17, 15) is 9.18 Å². The van der Waals surface area contributed by atoms with Crippen LogP contribution >= 0.6 is 11.3 Å². The molecular formula is C14H15FN2O2S. The predicted octanol–water partition coefficient (Wildman–Crippen LogP) is 2.33. The van der Waals surface area contributed by atoms with Crippen LogP contribution in [-0.2, 0) is 0 Å². The lowest BCUT2D eigenvalue weighted by molar-refractivity contribution is 0.100. The van der Waals surface area contributed by atoms with Gasteiger partial charge in [-0.1, -0.05) is 19.1 Å². The van der Waals surface area contributed by atoms with Gasteiger partial charge in [-0.2, -0.15) is 0 Å². The maximum Gasteiger partial charge on any atom is 0.251 e. The third kappa shape index (κ3) is 2.66. The van der Waals surface area contributed by atoms with Gasteiger partial charge in [0.1, 0.15) is 5.82 Å². The number of aliphatic hydroxyl groups is 1.